The number of amides is 3. The Bertz CT molecular complexity index is 565. The molecule has 2 rings (SSSR count). The molecule has 0 radical (unpaired) electrons. The second-order valence-corrected chi connectivity index (χ2v) is 5.30. The molecule has 112 valence electrons. The molecule has 0 aliphatic carbocycles. The first kappa shape index (κ1) is 15.2. The molecule has 5 heteroatoms. The lowest BCUT2D eigenvalue weighted by Gasteiger charge is -2.24. The van der Waals surface area contributed by atoms with Crippen molar-refractivity contribution in [2.45, 2.75) is 33.1 Å². The predicted octanol–water partition coefficient (Wildman–Crippen LogP) is 1.57. The van der Waals surface area contributed by atoms with Gasteiger partial charge in [-0.05, 0) is 37.5 Å². The molecule has 3 amide bonds. The van der Waals surface area contributed by atoms with Gasteiger partial charge in [0.25, 0.3) is 5.91 Å². The maximum atomic E-state index is 12.1. The Hall–Kier alpha value is -2.17. The fraction of sp³-hybridized carbons (Fsp3) is 0.438. The van der Waals surface area contributed by atoms with Crippen molar-refractivity contribution in [1.29, 1.82) is 0 Å². The van der Waals surface area contributed by atoms with Crippen LogP contribution in [0.15, 0.2) is 18.2 Å². The molecule has 21 heavy (non-hydrogen) atoms. The molecule has 1 saturated heterocycles. The van der Waals surface area contributed by atoms with E-state index in [1.807, 2.05) is 26.0 Å². The number of carbonyl (C=O) groups is 3. The number of nitrogens with zero attached hydrogens (tertiary/aromatic N) is 1. The summed E-state index contributed by atoms with van der Waals surface area (Å²) in [7, 11) is 0. The van der Waals surface area contributed by atoms with Gasteiger partial charge in [0.05, 0.1) is 0 Å². The van der Waals surface area contributed by atoms with E-state index in [2.05, 4.69) is 5.32 Å². The molecule has 0 atom stereocenters. The number of hydrogen-bond acceptors (Lipinski definition) is 3. The van der Waals surface area contributed by atoms with Crippen molar-refractivity contribution in [2.24, 2.45) is 0 Å². The van der Waals surface area contributed by atoms with Crippen LogP contribution in [0.25, 0.3) is 0 Å². The van der Waals surface area contributed by atoms with Gasteiger partial charge in [0.2, 0.25) is 11.8 Å². The van der Waals surface area contributed by atoms with Crippen molar-refractivity contribution in [3.63, 3.8) is 0 Å². The summed E-state index contributed by atoms with van der Waals surface area (Å²) in [5.41, 5.74) is 2.63. The largest absolute Gasteiger partial charge is 0.350 e. The molecule has 1 N–H and O–H groups in total. The summed E-state index contributed by atoms with van der Waals surface area (Å²) in [6.07, 6.45) is 1.45. The number of benzene rings is 1. The Balaban J connectivity index is 1.91. The van der Waals surface area contributed by atoms with E-state index in [9.17, 15) is 14.4 Å². The highest BCUT2D eigenvalue weighted by atomic mass is 16.2. The smallest absolute Gasteiger partial charge is 0.251 e. The topological polar surface area (TPSA) is 66.5 Å². The van der Waals surface area contributed by atoms with Crippen molar-refractivity contribution in [3.05, 3.63) is 34.9 Å². The SMILES string of the molecule is Cc1cccc(C(=O)NCCN2C(=O)CCCC2=O)c1C. The van der Waals surface area contributed by atoms with Gasteiger partial charge in [-0.2, -0.15) is 0 Å². The van der Waals surface area contributed by atoms with E-state index in [0.29, 0.717) is 24.8 Å². The Morgan fingerprint density at radius 1 is 1.19 bits per heavy atom. The average Bonchev–Trinajstić information content (AvgIpc) is 2.45. The van der Waals surface area contributed by atoms with Gasteiger partial charge in [0, 0.05) is 31.5 Å². The second kappa shape index (κ2) is 6.52. The number of carbonyl (C=O) groups excluding carboxylic acids is 3. The third-order valence-corrected chi connectivity index (χ3v) is 3.85. The molecule has 1 aliphatic rings. The van der Waals surface area contributed by atoms with Crippen LogP contribution in [-0.4, -0.2) is 35.7 Å². The summed E-state index contributed by atoms with van der Waals surface area (Å²) in [5, 5.41) is 2.77. The van der Waals surface area contributed by atoms with E-state index in [4.69, 9.17) is 0 Å². The molecule has 0 bridgehead atoms. The number of rotatable bonds is 4. The molecule has 5 nitrogen and oxygen atoms in total. The first-order chi connectivity index (χ1) is 10.0. The van der Waals surface area contributed by atoms with Crippen LogP contribution in [0.1, 0.15) is 40.7 Å². The van der Waals surface area contributed by atoms with E-state index in [0.717, 1.165) is 11.1 Å². The highest BCUT2D eigenvalue weighted by Gasteiger charge is 2.25. The second-order valence-electron chi connectivity index (χ2n) is 5.30. The summed E-state index contributed by atoms with van der Waals surface area (Å²) < 4.78 is 0. The molecule has 1 aliphatic heterocycles. The van der Waals surface area contributed by atoms with Crippen LogP contribution in [0.2, 0.25) is 0 Å². The molecular weight excluding hydrogens is 268 g/mol. The van der Waals surface area contributed by atoms with Crippen molar-refractivity contribution >= 4 is 17.7 Å². The average molecular weight is 288 g/mol. The number of imide groups is 1. The molecule has 0 unspecified atom stereocenters. The van der Waals surface area contributed by atoms with E-state index in [1.165, 1.54) is 4.90 Å². The monoisotopic (exact) mass is 288 g/mol. The lowest BCUT2D eigenvalue weighted by molar-refractivity contribution is -0.147. The van der Waals surface area contributed by atoms with E-state index < -0.39 is 0 Å². The third kappa shape index (κ3) is 3.48. The van der Waals surface area contributed by atoms with Gasteiger partial charge in [0.1, 0.15) is 0 Å². The Labute approximate surface area is 124 Å². The van der Waals surface area contributed by atoms with Crippen LogP contribution in [0.4, 0.5) is 0 Å². The minimum atomic E-state index is -0.173. The molecule has 1 aromatic carbocycles. The van der Waals surface area contributed by atoms with Crippen molar-refractivity contribution in [1.82, 2.24) is 10.2 Å². The number of piperidine rings is 1. The summed E-state index contributed by atoms with van der Waals surface area (Å²) in [4.78, 5) is 36.6. The van der Waals surface area contributed by atoms with Gasteiger partial charge < -0.3 is 5.32 Å². The Morgan fingerprint density at radius 2 is 1.86 bits per heavy atom. The van der Waals surface area contributed by atoms with Crippen LogP contribution < -0.4 is 5.32 Å². The van der Waals surface area contributed by atoms with Gasteiger partial charge in [-0.3, -0.25) is 19.3 Å². The Morgan fingerprint density at radius 3 is 2.52 bits per heavy atom. The quantitative estimate of drug-likeness (QED) is 0.855. The minimum absolute atomic E-state index is 0.146. The molecule has 0 aromatic heterocycles. The zero-order valence-corrected chi connectivity index (χ0v) is 12.4. The van der Waals surface area contributed by atoms with E-state index in [1.54, 1.807) is 6.07 Å². The first-order valence-electron chi connectivity index (χ1n) is 7.18. The van der Waals surface area contributed by atoms with E-state index in [-0.39, 0.29) is 30.8 Å². The van der Waals surface area contributed by atoms with Gasteiger partial charge in [-0.1, -0.05) is 12.1 Å². The lowest BCUT2D eigenvalue weighted by Crippen LogP contribution is -2.44. The van der Waals surface area contributed by atoms with Crippen LogP contribution in [0.5, 0.6) is 0 Å². The predicted molar refractivity (Wildman–Crippen MR) is 78.8 cm³/mol. The third-order valence-electron chi connectivity index (χ3n) is 3.85. The normalized spacial score (nSPS) is 15.2. The molecule has 1 aromatic rings. The maximum absolute atomic E-state index is 12.1. The van der Waals surface area contributed by atoms with Crippen molar-refractivity contribution in [3.8, 4) is 0 Å². The van der Waals surface area contributed by atoms with Gasteiger partial charge in [0.15, 0.2) is 0 Å². The minimum Gasteiger partial charge on any atom is -0.350 e. The zero-order chi connectivity index (χ0) is 15.4. The summed E-state index contributed by atoms with van der Waals surface area (Å²) in [6.45, 7) is 4.39. The van der Waals surface area contributed by atoms with Crippen LogP contribution in [0, 0.1) is 13.8 Å². The zero-order valence-electron chi connectivity index (χ0n) is 12.4. The number of aryl methyl sites for hydroxylation is 1. The van der Waals surface area contributed by atoms with Gasteiger partial charge in [-0.15, -0.1) is 0 Å². The number of hydrogen-bond donors (Lipinski definition) is 1. The molecule has 1 fully saturated rings. The van der Waals surface area contributed by atoms with Crippen LogP contribution in [0.3, 0.4) is 0 Å². The Kier molecular flexibility index (Phi) is 4.73. The van der Waals surface area contributed by atoms with Gasteiger partial charge >= 0.3 is 0 Å². The lowest BCUT2D eigenvalue weighted by atomic mass is 10.0. The van der Waals surface area contributed by atoms with Crippen LogP contribution in [-0.2, 0) is 9.59 Å². The summed E-state index contributed by atoms with van der Waals surface area (Å²) in [5.74, 6) is -0.465. The maximum Gasteiger partial charge on any atom is 0.251 e. The molecular formula is C16H20N2O3. The number of likely N-dealkylation sites (tertiary alicyclic amines) is 1. The number of nitrogens with one attached hydrogen (secondary N) is 1. The highest BCUT2D eigenvalue weighted by Crippen LogP contribution is 2.13. The van der Waals surface area contributed by atoms with Gasteiger partial charge in [-0.25, -0.2) is 0 Å². The van der Waals surface area contributed by atoms with Crippen LogP contribution >= 0.6 is 0 Å². The fourth-order valence-electron chi connectivity index (χ4n) is 2.42. The summed E-state index contributed by atoms with van der Waals surface area (Å²) in [6, 6.07) is 5.57. The molecule has 0 spiro atoms. The van der Waals surface area contributed by atoms with E-state index >= 15 is 0 Å². The van der Waals surface area contributed by atoms with Crippen molar-refractivity contribution in [2.75, 3.05) is 13.1 Å². The standard InChI is InChI=1S/C16H20N2O3/c1-11-5-3-6-13(12(11)2)16(21)17-9-10-18-14(19)7-4-8-15(18)20/h3,5-6H,4,7-10H2,1-2H3,(H,17,21). The fourth-order valence-corrected chi connectivity index (χ4v) is 2.42. The molecule has 1 heterocycles. The highest BCUT2D eigenvalue weighted by molar-refractivity contribution is 5.98. The summed E-state index contributed by atoms with van der Waals surface area (Å²) >= 11 is 0. The first-order valence-corrected chi connectivity index (χ1v) is 7.18. The van der Waals surface area contributed by atoms with Crippen molar-refractivity contribution < 1.29 is 14.4 Å². The molecule has 0 saturated carbocycles.